The zero-order valence-electron chi connectivity index (χ0n) is 10.9. The van der Waals surface area contributed by atoms with Gasteiger partial charge in [-0.2, -0.15) is 0 Å². The molecular formula is C16H19NS. The molecular weight excluding hydrogens is 238 g/mol. The van der Waals surface area contributed by atoms with E-state index in [0.717, 1.165) is 0 Å². The second kappa shape index (κ2) is 5.23. The number of fused-ring (bicyclic) bond motifs is 1. The molecule has 3 rings (SSSR count). The van der Waals surface area contributed by atoms with E-state index in [1.54, 1.807) is 0 Å². The highest BCUT2D eigenvalue weighted by molar-refractivity contribution is 7.98. The van der Waals surface area contributed by atoms with Crippen molar-refractivity contribution in [2.75, 3.05) is 6.26 Å². The molecule has 1 aliphatic rings. The number of hydrogen-bond donors (Lipinski definition) is 0. The standard InChI is InChI=1S/C16H19NS/c1-18-15-12-14-10-6-3-7-11-17(14)16(15)13-8-4-2-5-9-13/h2,4-5,8-9,12H,3,6-7,10-11H2,1H3. The summed E-state index contributed by atoms with van der Waals surface area (Å²) in [7, 11) is 0. The smallest absolute Gasteiger partial charge is 0.0620 e. The van der Waals surface area contributed by atoms with E-state index in [-0.39, 0.29) is 0 Å². The van der Waals surface area contributed by atoms with Gasteiger partial charge >= 0.3 is 0 Å². The maximum absolute atomic E-state index is 2.55. The Kier molecular flexibility index (Phi) is 3.46. The minimum atomic E-state index is 1.18. The van der Waals surface area contributed by atoms with Gasteiger partial charge in [0.1, 0.15) is 0 Å². The van der Waals surface area contributed by atoms with Crippen molar-refractivity contribution < 1.29 is 0 Å². The molecule has 0 bridgehead atoms. The minimum Gasteiger partial charge on any atom is -0.344 e. The first kappa shape index (κ1) is 11.9. The maximum atomic E-state index is 2.55. The average molecular weight is 257 g/mol. The van der Waals surface area contributed by atoms with Gasteiger partial charge in [0, 0.05) is 17.1 Å². The molecule has 1 aromatic carbocycles. The molecule has 0 N–H and O–H groups in total. The predicted molar refractivity (Wildman–Crippen MR) is 79.2 cm³/mol. The Bertz CT molecular complexity index is 528. The van der Waals surface area contributed by atoms with Crippen molar-refractivity contribution in [3.8, 4) is 11.3 Å². The maximum Gasteiger partial charge on any atom is 0.0620 e. The largest absolute Gasteiger partial charge is 0.344 e. The lowest BCUT2D eigenvalue weighted by Gasteiger charge is -2.11. The van der Waals surface area contributed by atoms with E-state index in [0.29, 0.717) is 0 Å². The van der Waals surface area contributed by atoms with E-state index in [9.17, 15) is 0 Å². The number of rotatable bonds is 2. The van der Waals surface area contributed by atoms with Crippen LogP contribution in [-0.2, 0) is 13.0 Å². The van der Waals surface area contributed by atoms with Gasteiger partial charge in [-0.05, 0) is 37.1 Å². The second-order valence-corrected chi connectivity index (χ2v) is 5.73. The van der Waals surface area contributed by atoms with Gasteiger partial charge in [0.15, 0.2) is 0 Å². The summed E-state index contributed by atoms with van der Waals surface area (Å²) >= 11 is 1.87. The minimum absolute atomic E-state index is 1.18. The lowest BCUT2D eigenvalue weighted by Crippen LogP contribution is -2.02. The van der Waals surface area contributed by atoms with E-state index in [1.807, 2.05) is 11.8 Å². The van der Waals surface area contributed by atoms with Crippen LogP contribution in [0.5, 0.6) is 0 Å². The van der Waals surface area contributed by atoms with Crippen molar-refractivity contribution >= 4 is 11.8 Å². The number of nitrogens with zero attached hydrogens (tertiary/aromatic N) is 1. The molecule has 1 aliphatic heterocycles. The van der Waals surface area contributed by atoms with Crippen LogP contribution in [0.1, 0.15) is 25.0 Å². The van der Waals surface area contributed by atoms with Crippen molar-refractivity contribution in [1.29, 1.82) is 0 Å². The highest BCUT2D eigenvalue weighted by Crippen LogP contribution is 2.35. The number of aryl methyl sites for hydroxylation is 1. The van der Waals surface area contributed by atoms with Crippen LogP contribution in [0.2, 0.25) is 0 Å². The lowest BCUT2D eigenvalue weighted by molar-refractivity contribution is 0.638. The molecule has 0 atom stereocenters. The first-order chi connectivity index (χ1) is 8.90. The van der Waals surface area contributed by atoms with Gasteiger partial charge in [-0.15, -0.1) is 11.8 Å². The summed E-state index contributed by atoms with van der Waals surface area (Å²) in [5.74, 6) is 0. The zero-order chi connectivity index (χ0) is 12.4. The van der Waals surface area contributed by atoms with Crippen LogP contribution in [-0.4, -0.2) is 10.8 Å². The van der Waals surface area contributed by atoms with Crippen molar-refractivity contribution in [1.82, 2.24) is 4.57 Å². The van der Waals surface area contributed by atoms with E-state index in [4.69, 9.17) is 0 Å². The predicted octanol–water partition coefficient (Wildman–Crippen LogP) is 4.60. The van der Waals surface area contributed by atoms with Crippen molar-refractivity contribution in [3.63, 3.8) is 0 Å². The van der Waals surface area contributed by atoms with Crippen LogP contribution in [0, 0.1) is 0 Å². The van der Waals surface area contributed by atoms with Crippen LogP contribution in [0.3, 0.4) is 0 Å². The molecule has 2 heteroatoms. The van der Waals surface area contributed by atoms with Crippen LogP contribution >= 0.6 is 11.8 Å². The fraction of sp³-hybridized carbons (Fsp3) is 0.375. The van der Waals surface area contributed by atoms with Gasteiger partial charge in [-0.1, -0.05) is 36.8 Å². The monoisotopic (exact) mass is 257 g/mol. The third-order valence-corrected chi connectivity index (χ3v) is 4.48. The third kappa shape index (κ3) is 2.10. The quantitative estimate of drug-likeness (QED) is 0.712. The molecule has 2 aromatic rings. The summed E-state index contributed by atoms with van der Waals surface area (Å²) in [6.07, 6.45) is 7.44. The van der Waals surface area contributed by atoms with Crippen molar-refractivity contribution in [3.05, 3.63) is 42.1 Å². The number of hydrogen-bond acceptors (Lipinski definition) is 1. The zero-order valence-corrected chi connectivity index (χ0v) is 11.7. The molecule has 0 fully saturated rings. The summed E-state index contributed by atoms with van der Waals surface area (Å²) in [5, 5.41) is 0. The highest BCUT2D eigenvalue weighted by atomic mass is 32.2. The summed E-state index contributed by atoms with van der Waals surface area (Å²) in [5.41, 5.74) is 4.31. The van der Waals surface area contributed by atoms with E-state index < -0.39 is 0 Å². The van der Waals surface area contributed by atoms with E-state index in [1.165, 1.54) is 54.1 Å². The van der Waals surface area contributed by atoms with Gasteiger partial charge in [0.05, 0.1) is 5.69 Å². The molecule has 0 spiro atoms. The molecule has 0 saturated heterocycles. The third-order valence-electron chi connectivity index (χ3n) is 3.73. The SMILES string of the molecule is CSc1cc2n(c1-c1ccccc1)CCCCC2. The molecule has 1 aromatic heterocycles. The second-order valence-electron chi connectivity index (χ2n) is 4.88. The van der Waals surface area contributed by atoms with Gasteiger partial charge in [0.2, 0.25) is 0 Å². The van der Waals surface area contributed by atoms with Gasteiger partial charge < -0.3 is 4.57 Å². The van der Waals surface area contributed by atoms with Gasteiger partial charge in [-0.25, -0.2) is 0 Å². The Hall–Kier alpha value is -1.15. The first-order valence-corrected chi connectivity index (χ1v) is 7.94. The molecule has 0 saturated carbocycles. The van der Waals surface area contributed by atoms with Gasteiger partial charge in [0.25, 0.3) is 0 Å². The average Bonchev–Trinajstić information content (AvgIpc) is 2.62. The van der Waals surface area contributed by atoms with Crippen molar-refractivity contribution in [2.24, 2.45) is 0 Å². The molecule has 0 radical (unpaired) electrons. The highest BCUT2D eigenvalue weighted by Gasteiger charge is 2.17. The van der Waals surface area contributed by atoms with Crippen LogP contribution in [0.15, 0.2) is 41.3 Å². The fourth-order valence-electron chi connectivity index (χ4n) is 2.84. The molecule has 0 aliphatic carbocycles. The first-order valence-electron chi connectivity index (χ1n) is 6.72. The number of aromatic nitrogens is 1. The van der Waals surface area contributed by atoms with Crippen LogP contribution in [0.4, 0.5) is 0 Å². The van der Waals surface area contributed by atoms with Crippen LogP contribution in [0.25, 0.3) is 11.3 Å². The van der Waals surface area contributed by atoms with Crippen molar-refractivity contribution in [2.45, 2.75) is 37.1 Å². The Morgan fingerprint density at radius 2 is 1.89 bits per heavy atom. The number of benzene rings is 1. The molecule has 2 heterocycles. The Balaban J connectivity index is 2.15. The molecule has 0 amide bonds. The molecule has 18 heavy (non-hydrogen) atoms. The number of thioether (sulfide) groups is 1. The Morgan fingerprint density at radius 1 is 1.06 bits per heavy atom. The summed E-state index contributed by atoms with van der Waals surface area (Å²) < 4.78 is 2.55. The topological polar surface area (TPSA) is 4.93 Å². The summed E-state index contributed by atoms with van der Waals surface area (Å²) in [4.78, 5) is 1.43. The molecule has 0 unspecified atom stereocenters. The Morgan fingerprint density at radius 3 is 2.67 bits per heavy atom. The summed E-state index contributed by atoms with van der Waals surface area (Å²) in [6, 6.07) is 13.2. The molecule has 1 nitrogen and oxygen atoms in total. The summed E-state index contributed by atoms with van der Waals surface area (Å²) in [6.45, 7) is 1.18. The van der Waals surface area contributed by atoms with Gasteiger partial charge in [-0.3, -0.25) is 0 Å². The fourth-order valence-corrected chi connectivity index (χ4v) is 3.51. The van der Waals surface area contributed by atoms with E-state index in [2.05, 4.69) is 47.2 Å². The lowest BCUT2D eigenvalue weighted by atomic mass is 10.1. The Labute approximate surface area is 113 Å². The normalized spacial score (nSPS) is 15.2. The van der Waals surface area contributed by atoms with Crippen LogP contribution < -0.4 is 0 Å². The molecule has 94 valence electrons. The van der Waals surface area contributed by atoms with E-state index >= 15 is 0 Å².